The van der Waals surface area contributed by atoms with Gasteiger partial charge in [0.25, 0.3) is 0 Å². The third-order valence-corrected chi connectivity index (χ3v) is 2.08. The van der Waals surface area contributed by atoms with Crippen LogP contribution in [0.5, 0.6) is 0 Å². The van der Waals surface area contributed by atoms with Crippen LogP contribution in [0.25, 0.3) is 0 Å². The van der Waals surface area contributed by atoms with Crippen LogP contribution in [-0.2, 0) is 11.3 Å². The molecule has 0 aliphatic rings. The second-order valence-corrected chi connectivity index (χ2v) is 4.06. The number of H-pyrrole nitrogens is 1. The van der Waals surface area contributed by atoms with E-state index >= 15 is 0 Å². The highest BCUT2D eigenvalue weighted by atomic mass is 16.2. The molecule has 0 radical (unpaired) electrons. The summed E-state index contributed by atoms with van der Waals surface area (Å²) in [5, 5.41) is 9.23. The summed E-state index contributed by atoms with van der Waals surface area (Å²) in [4.78, 5) is 11.5. The zero-order valence-corrected chi connectivity index (χ0v) is 9.16. The molecule has 0 aliphatic heterocycles. The van der Waals surface area contributed by atoms with Gasteiger partial charge in [-0.25, -0.2) is 0 Å². The van der Waals surface area contributed by atoms with Crippen molar-refractivity contribution in [3.05, 3.63) is 18.0 Å². The van der Waals surface area contributed by atoms with Crippen molar-refractivity contribution < 1.29 is 4.79 Å². The molecular weight excluding hydrogens is 192 g/mol. The smallest absolute Gasteiger partial charge is 0.237 e. The van der Waals surface area contributed by atoms with Gasteiger partial charge in [-0.05, 0) is 12.3 Å². The minimum atomic E-state index is -0.420. The van der Waals surface area contributed by atoms with Crippen molar-refractivity contribution in [1.82, 2.24) is 15.5 Å². The van der Waals surface area contributed by atoms with Crippen molar-refractivity contribution in [1.29, 1.82) is 0 Å². The highest BCUT2D eigenvalue weighted by Gasteiger charge is 2.14. The van der Waals surface area contributed by atoms with Crippen LogP contribution in [0.1, 0.15) is 25.8 Å². The number of rotatable bonds is 5. The van der Waals surface area contributed by atoms with Crippen LogP contribution in [0.4, 0.5) is 0 Å². The van der Waals surface area contributed by atoms with E-state index in [0.29, 0.717) is 18.9 Å². The second kappa shape index (κ2) is 5.50. The van der Waals surface area contributed by atoms with Crippen molar-refractivity contribution in [2.75, 3.05) is 0 Å². The van der Waals surface area contributed by atoms with Crippen molar-refractivity contribution in [3.8, 4) is 0 Å². The second-order valence-electron chi connectivity index (χ2n) is 4.06. The lowest BCUT2D eigenvalue weighted by Crippen LogP contribution is -2.40. The maximum atomic E-state index is 11.5. The normalized spacial score (nSPS) is 12.8. The van der Waals surface area contributed by atoms with E-state index in [9.17, 15) is 4.79 Å². The summed E-state index contributed by atoms with van der Waals surface area (Å²) < 4.78 is 0. The Morgan fingerprint density at radius 2 is 2.40 bits per heavy atom. The fraction of sp³-hybridized carbons (Fsp3) is 0.600. The highest BCUT2D eigenvalue weighted by Crippen LogP contribution is 2.02. The number of hydrogen-bond donors (Lipinski definition) is 3. The number of hydrogen-bond acceptors (Lipinski definition) is 3. The molecule has 1 rings (SSSR count). The van der Waals surface area contributed by atoms with E-state index in [0.717, 1.165) is 5.56 Å². The van der Waals surface area contributed by atoms with Gasteiger partial charge < -0.3 is 11.1 Å². The molecule has 4 N–H and O–H groups in total. The Morgan fingerprint density at radius 3 is 2.93 bits per heavy atom. The summed E-state index contributed by atoms with van der Waals surface area (Å²) in [6.07, 6.45) is 4.12. The molecule has 84 valence electrons. The van der Waals surface area contributed by atoms with E-state index < -0.39 is 6.04 Å². The summed E-state index contributed by atoms with van der Waals surface area (Å²) in [7, 11) is 0. The first-order valence-electron chi connectivity index (χ1n) is 5.10. The Hall–Kier alpha value is -1.36. The Labute approximate surface area is 89.4 Å². The Balaban J connectivity index is 2.29. The molecule has 0 aliphatic carbocycles. The predicted molar refractivity (Wildman–Crippen MR) is 57.9 cm³/mol. The number of amides is 1. The van der Waals surface area contributed by atoms with Crippen LogP contribution in [0.2, 0.25) is 0 Å². The molecule has 1 atom stereocenters. The molecule has 5 heteroatoms. The Morgan fingerprint density at radius 1 is 1.67 bits per heavy atom. The van der Waals surface area contributed by atoms with Gasteiger partial charge in [0.2, 0.25) is 5.91 Å². The fourth-order valence-corrected chi connectivity index (χ4v) is 1.31. The first kappa shape index (κ1) is 11.7. The number of aromatic nitrogens is 2. The van der Waals surface area contributed by atoms with Gasteiger partial charge in [-0.1, -0.05) is 13.8 Å². The molecule has 0 fully saturated rings. The molecule has 0 aromatic carbocycles. The molecule has 0 saturated heterocycles. The summed E-state index contributed by atoms with van der Waals surface area (Å²) in [6.45, 7) is 4.56. The zero-order chi connectivity index (χ0) is 11.3. The molecule has 1 aromatic heterocycles. The number of carbonyl (C=O) groups excluding carboxylic acids is 1. The van der Waals surface area contributed by atoms with Crippen LogP contribution in [0.15, 0.2) is 12.4 Å². The number of nitrogens with zero attached hydrogens (tertiary/aromatic N) is 1. The maximum Gasteiger partial charge on any atom is 0.237 e. The molecule has 0 bridgehead atoms. The average molecular weight is 210 g/mol. The molecule has 1 heterocycles. The van der Waals surface area contributed by atoms with Gasteiger partial charge in [-0.3, -0.25) is 9.89 Å². The summed E-state index contributed by atoms with van der Waals surface area (Å²) >= 11 is 0. The summed E-state index contributed by atoms with van der Waals surface area (Å²) in [5.74, 6) is 0.324. The first-order valence-corrected chi connectivity index (χ1v) is 5.10. The SMILES string of the molecule is CC(C)C[C@@H](N)C(=O)NCc1cn[nH]c1. The van der Waals surface area contributed by atoms with Gasteiger partial charge in [0.15, 0.2) is 0 Å². The van der Waals surface area contributed by atoms with Crippen LogP contribution in [0, 0.1) is 5.92 Å². The van der Waals surface area contributed by atoms with Crippen molar-refractivity contribution in [2.24, 2.45) is 11.7 Å². The van der Waals surface area contributed by atoms with Gasteiger partial charge in [-0.2, -0.15) is 5.10 Å². The topological polar surface area (TPSA) is 83.8 Å². The van der Waals surface area contributed by atoms with Crippen molar-refractivity contribution in [3.63, 3.8) is 0 Å². The van der Waals surface area contributed by atoms with Gasteiger partial charge in [-0.15, -0.1) is 0 Å². The monoisotopic (exact) mass is 210 g/mol. The lowest BCUT2D eigenvalue weighted by atomic mass is 10.0. The number of nitrogens with one attached hydrogen (secondary N) is 2. The third-order valence-electron chi connectivity index (χ3n) is 2.08. The van der Waals surface area contributed by atoms with E-state index in [-0.39, 0.29) is 5.91 Å². The highest BCUT2D eigenvalue weighted by molar-refractivity contribution is 5.81. The molecule has 15 heavy (non-hydrogen) atoms. The molecule has 0 unspecified atom stereocenters. The number of carbonyl (C=O) groups is 1. The van der Waals surface area contributed by atoms with Gasteiger partial charge in [0.05, 0.1) is 12.2 Å². The van der Waals surface area contributed by atoms with Crippen LogP contribution in [0.3, 0.4) is 0 Å². The lowest BCUT2D eigenvalue weighted by Gasteiger charge is -2.13. The lowest BCUT2D eigenvalue weighted by molar-refractivity contribution is -0.122. The molecule has 1 amide bonds. The zero-order valence-electron chi connectivity index (χ0n) is 9.16. The van der Waals surface area contributed by atoms with Crippen LogP contribution >= 0.6 is 0 Å². The average Bonchev–Trinajstić information content (AvgIpc) is 2.65. The van der Waals surface area contributed by atoms with E-state index in [4.69, 9.17) is 5.73 Å². The Kier molecular flexibility index (Phi) is 4.30. The van der Waals surface area contributed by atoms with Crippen LogP contribution in [-0.4, -0.2) is 22.1 Å². The van der Waals surface area contributed by atoms with E-state index in [2.05, 4.69) is 15.5 Å². The first-order chi connectivity index (χ1) is 7.09. The minimum absolute atomic E-state index is 0.107. The van der Waals surface area contributed by atoms with Crippen LogP contribution < -0.4 is 11.1 Å². The number of aromatic amines is 1. The van der Waals surface area contributed by atoms with Gasteiger partial charge >= 0.3 is 0 Å². The molecular formula is C10H18N4O. The fourth-order valence-electron chi connectivity index (χ4n) is 1.31. The quantitative estimate of drug-likeness (QED) is 0.657. The van der Waals surface area contributed by atoms with E-state index in [1.807, 2.05) is 13.8 Å². The summed E-state index contributed by atoms with van der Waals surface area (Å²) in [5.41, 5.74) is 6.67. The minimum Gasteiger partial charge on any atom is -0.351 e. The Bertz CT molecular complexity index is 294. The maximum absolute atomic E-state index is 11.5. The molecule has 0 saturated carbocycles. The van der Waals surface area contributed by atoms with Crippen molar-refractivity contribution >= 4 is 5.91 Å². The van der Waals surface area contributed by atoms with E-state index in [1.54, 1.807) is 12.4 Å². The van der Waals surface area contributed by atoms with Crippen molar-refractivity contribution in [2.45, 2.75) is 32.9 Å². The molecule has 0 spiro atoms. The molecule has 1 aromatic rings. The predicted octanol–water partition coefficient (Wildman–Crippen LogP) is 0.399. The third kappa shape index (κ3) is 4.12. The number of nitrogens with two attached hydrogens (primary N) is 1. The standard InChI is InChI=1S/C10H18N4O/c1-7(2)3-9(11)10(15)12-4-8-5-13-14-6-8/h5-7,9H,3-4,11H2,1-2H3,(H,12,15)(H,13,14)/t9-/m1/s1. The largest absolute Gasteiger partial charge is 0.351 e. The van der Waals surface area contributed by atoms with Gasteiger partial charge in [0.1, 0.15) is 0 Å². The molecule has 5 nitrogen and oxygen atoms in total. The van der Waals surface area contributed by atoms with Gasteiger partial charge in [0, 0.05) is 18.3 Å². The summed E-state index contributed by atoms with van der Waals surface area (Å²) in [6, 6.07) is -0.420. The van der Waals surface area contributed by atoms with E-state index in [1.165, 1.54) is 0 Å².